The Labute approximate surface area is 395 Å². The highest BCUT2D eigenvalue weighted by molar-refractivity contribution is 14.1. The third-order valence-electron chi connectivity index (χ3n) is 12.4. The number of anilines is 4. The predicted octanol–water partition coefficient (Wildman–Crippen LogP) is 0.590. The average Bonchev–Trinajstić information content (AvgIpc) is 4.06. The van der Waals surface area contributed by atoms with Gasteiger partial charge in [-0.05, 0) is 76.8 Å². The Hall–Kier alpha value is -4.97. The van der Waals surface area contributed by atoms with Crippen LogP contribution in [0.2, 0.25) is 5.28 Å². The summed E-state index contributed by atoms with van der Waals surface area (Å²) in [6.07, 6.45) is 0.580. The van der Waals surface area contributed by atoms with Crippen LogP contribution in [-0.2, 0) is 19.1 Å². The van der Waals surface area contributed by atoms with Crippen LogP contribution in [-0.4, -0.2) is 160 Å². The number of halogens is 2. The fraction of sp³-hybridized carbons (Fsp3) is 0.615. The fourth-order valence-electron chi connectivity index (χ4n) is 9.07. The molecule has 2 aliphatic heterocycles. The normalized spacial score (nSPS) is 30.1. The van der Waals surface area contributed by atoms with Gasteiger partial charge in [0.05, 0.1) is 12.7 Å². The lowest BCUT2D eigenvalue weighted by molar-refractivity contribution is -0.138. The Kier molecular flexibility index (Phi) is 13.8. The summed E-state index contributed by atoms with van der Waals surface area (Å²) in [6.45, 7) is 4.20. The van der Waals surface area contributed by atoms with Crippen molar-refractivity contribution in [2.75, 3.05) is 34.4 Å². The van der Waals surface area contributed by atoms with Crippen molar-refractivity contribution in [2.45, 2.75) is 138 Å². The van der Waals surface area contributed by atoms with E-state index in [4.69, 9.17) is 21.1 Å². The molecule has 0 radical (unpaired) electrons. The standard InChI is InChI=1S/C39H51ClIN17O8/c1-3-42-32(63)26-22(59)24(61)34(65-26)57-14-46-20-28(52-36(40)54-30(20)57)48-16-5-9-18(10-6-16)50-38-44-13-45-39(56-38)51-19-11-7-17(8-12-19)49-29-21-31(55-37(41)53-29)58(15-47-21)35-25(62)23(60)27(66-35)33(64)43-4-2/h13-19,22-27,34-35,59-62H,3-12H2,1-2H3,(H,42,63)(H,43,64)(H,48,52,54)(H,49,53,55)(H2,44,45,50,51,56)/t16-,17-,18-,19-,22-,23-,24+,25+,26-,27-,34+,35+/m0/s1. The Morgan fingerprint density at radius 1 is 0.621 bits per heavy atom. The minimum Gasteiger partial charge on any atom is -0.387 e. The lowest BCUT2D eigenvalue weighted by Crippen LogP contribution is -2.42. The second-order valence-electron chi connectivity index (χ2n) is 16.8. The monoisotopic (exact) mass is 1050 g/mol. The first-order valence-electron chi connectivity index (χ1n) is 22.0. The van der Waals surface area contributed by atoms with Gasteiger partial charge in [0.1, 0.15) is 30.7 Å². The number of ether oxygens (including phenoxy) is 2. The van der Waals surface area contributed by atoms with Crippen LogP contribution in [0.5, 0.6) is 0 Å². The summed E-state index contributed by atoms with van der Waals surface area (Å²) < 4.78 is 15.0. The van der Waals surface area contributed by atoms with Gasteiger partial charge >= 0.3 is 0 Å². The molecule has 0 unspecified atom stereocenters. The second-order valence-corrected chi connectivity index (χ2v) is 18.1. The second kappa shape index (κ2) is 19.7. The van der Waals surface area contributed by atoms with Crippen molar-refractivity contribution >= 4 is 91.9 Å². The molecular weight excluding hydrogens is 997 g/mol. The number of hydrogen-bond acceptors (Lipinski definition) is 21. The van der Waals surface area contributed by atoms with Gasteiger partial charge in [-0.2, -0.15) is 15.0 Å². The summed E-state index contributed by atoms with van der Waals surface area (Å²) in [5.41, 5.74) is 1.57. The molecule has 2 saturated carbocycles. The summed E-state index contributed by atoms with van der Waals surface area (Å²) in [4.78, 5) is 65.3. The molecule has 4 aliphatic rings. The molecule has 9 rings (SSSR count). The number of carbonyl (C=O) groups is 2. The lowest BCUT2D eigenvalue weighted by Gasteiger charge is -2.30. The summed E-state index contributed by atoms with van der Waals surface area (Å²) in [7, 11) is 0. The molecule has 0 bridgehead atoms. The van der Waals surface area contributed by atoms with Crippen molar-refractivity contribution in [1.82, 2.24) is 64.6 Å². The average molecular weight is 1050 g/mol. The highest BCUT2D eigenvalue weighted by Crippen LogP contribution is 2.36. The quantitative estimate of drug-likeness (QED) is 0.0537. The molecule has 2 aliphatic carbocycles. The third-order valence-corrected chi connectivity index (χ3v) is 13.1. The number of amides is 2. The number of aliphatic hydroxyl groups excluding tert-OH is 4. The first-order chi connectivity index (χ1) is 31.9. The van der Waals surface area contributed by atoms with Gasteiger partial charge in [-0.25, -0.2) is 29.9 Å². The van der Waals surface area contributed by atoms with Crippen molar-refractivity contribution in [2.24, 2.45) is 0 Å². The minimum atomic E-state index is -1.45. The zero-order chi connectivity index (χ0) is 46.2. The van der Waals surface area contributed by atoms with Crippen LogP contribution >= 0.6 is 34.2 Å². The molecule has 10 N–H and O–H groups in total. The van der Waals surface area contributed by atoms with Crippen LogP contribution < -0.4 is 31.9 Å². The van der Waals surface area contributed by atoms with Gasteiger partial charge < -0.3 is 61.8 Å². The molecule has 0 aromatic carbocycles. The van der Waals surface area contributed by atoms with E-state index in [2.05, 4.69) is 76.8 Å². The zero-order valence-corrected chi connectivity index (χ0v) is 38.7. The van der Waals surface area contributed by atoms with Crippen molar-refractivity contribution in [3.63, 3.8) is 0 Å². The minimum absolute atomic E-state index is 0.0429. The highest BCUT2D eigenvalue weighted by Gasteiger charge is 2.49. The Bertz CT molecular complexity index is 2370. The van der Waals surface area contributed by atoms with Gasteiger partial charge in [0.2, 0.25) is 17.2 Å². The number of carbonyl (C=O) groups excluding carboxylic acids is 2. The SMILES string of the molecule is CCNC(=O)[C@H]1O[C@@H](n2cnc3c(N[C@H]4CC[C@H](Nc5ncnc(N[C@H]6CC[C@H](Nc7nc(I)nc8c7ncn8[C@@H]7O[C@H](C(=O)NCC)[C@@H](O)[C@H]7O)CC6)n5)CC4)nc(Cl)nc32)[C@H](O)[C@@H]1O. The third kappa shape index (κ3) is 9.45. The summed E-state index contributed by atoms with van der Waals surface area (Å²) in [5, 5.41) is 61.9. The number of rotatable bonds is 14. The van der Waals surface area contributed by atoms with E-state index >= 15 is 0 Å². The van der Waals surface area contributed by atoms with E-state index in [1.165, 1.54) is 28.1 Å². The first kappa shape index (κ1) is 46.2. The molecule has 0 spiro atoms. The maximum atomic E-state index is 12.5. The van der Waals surface area contributed by atoms with Crippen LogP contribution in [0.3, 0.4) is 0 Å². The van der Waals surface area contributed by atoms with Gasteiger partial charge in [0.25, 0.3) is 11.8 Å². The number of imidazole rings is 2. The number of likely N-dealkylation sites (N-methyl/N-ethyl adjacent to an activating group) is 2. The maximum absolute atomic E-state index is 12.5. The fourth-order valence-corrected chi connectivity index (χ4v) is 9.70. The molecule has 4 fully saturated rings. The highest BCUT2D eigenvalue weighted by atomic mass is 127. The molecule has 8 atom stereocenters. The number of hydrogen-bond donors (Lipinski definition) is 10. The Morgan fingerprint density at radius 3 is 1.50 bits per heavy atom. The number of aliphatic hydroxyl groups is 4. The van der Waals surface area contributed by atoms with E-state index in [9.17, 15) is 30.0 Å². The van der Waals surface area contributed by atoms with Crippen LogP contribution in [0.25, 0.3) is 22.3 Å². The van der Waals surface area contributed by atoms with E-state index in [-0.39, 0.29) is 35.1 Å². The molecule has 5 aromatic rings. The van der Waals surface area contributed by atoms with Crippen LogP contribution in [0.4, 0.5) is 23.5 Å². The molecule has 7 heterocycles. The first-order valence-corrected chi connectivity index (χ1v) is 23.5. The van der Waals surface area contributed by atoms with Crippen molar-refractivity contribution in [1.29, 1.82) is 0 Å². The van der Waals surface area contributed by atoms with E-state index in [0.717, 1.165) is 51.4 Å². The summed E-state index contributed by atoms with van der Waals surface area (Å²) in [5.74, 6) is 0.897. The topological polar surface area (TPSA) is 332 Å². The zero-order valence-electron chi connectivity index (χ0n) is 35.8. The van der Waals surface area contributed by atoms with Crippen molar-refractivity contribution in [3.8, 4) is 0 Å². The van der Waals surface area contributed by atoms with Crippen molar-refractivity contribution in [3.05, 3.63) is 28.1 Å². The van der Waals surface area contributed by atoms with Gasteiger partial charge in [-0.3, -0.25) is 18.7 Å². The number of fused-ring (bicyclic) bond motifs is 2. The molecule has 25 nitrogen and oxygen atoms in total. The van der Waals surface area contributed by atoms with Crippen LogP contribution in [0.15, 0.2) is 19.0 Å². The van der Waals surface area contributed by atoms with Crippen LogP contribution in [0.1, 0.15) is 77.7 Å². The Balaban J connectivity index is 0.759. The predicted molar refractivity (Wildman–Crippen MR) is 244 cm³/mol. The number of aromatic nitrogens is 11. The summed E-state index contributed by atoms with van der Waals surface area (Å²) >= 11 is 8.38. The maximum Gasteiger partial charge on any atom is 0.252 e. The van der Waals surface area contributed by atoms with Gasteiger partial charge in [-0.15, -0.1) is 0 Å². The number of nitrogens with one attached hydrogen (secondary N) is 6. The largest absolute Gasteiger partial charge is 0.387 e. The molecule has 27 heteroatoms. The molecule has 2 amide bonds. The van der Waals surface area contributed by atoms with E-state index in [0.29, 0.717) is 57.1 Å². The van der Waals surface area contributed by atoms with Gasteiger partial charge in [0, 0.05) is 59.8 Å². The smallest absolute Gasteiger partial charge is 0.252 e. The van der Waals surface area contributed by atoms with E-state index in [1.807, 2.05) is 22.6 Å². The molecular formula is C39H51ClIN17O8. The van der Waals surface area contributed by atoms with Gasteiger partial charge in [0.15, 0.2) is 62.5 Å². The van der Waals surface area contributed by atoms with E-state index in [1.54, 1.807) is 13.8 Å². The molecule has 2 saturated heterocycles. The van der Waals surface area contributed by atoms with Crippen molar-refractivity contribution < 1.29 is 39.5 Å². The Morgan fingerprint density at radius 2 is 1.05 bits per heavy atom. The molecule has 5 aromatic heterocycles. The molecule has 66 heavy (non-hydrogen) atoms. The lowest BCUT2D eigenvalue weighted by atomic mass is 9.91. The van der Waals surface area contributed by atoms with E-state index < -0.39 is 60.9 Å². The number of nitrogens with zero attached hydrogens (tertiary/aromatic N) is 11. The molecule has 354 valence electrons. The summed E-state index contributed by atoms with van der Waals surface area (Å²) in [6, 6.07) is 0.395. The van der Waals surface area contributed by atoms with Gasteiger partial charge in [-0.1, -0.05) is 0 Å². The van der Waals surface area contributed by atoms with Crippen LogP contribution in [0, 0.1) is 3.83 Å².